The van der Waals surface area contributed by atoms with Gasteiger partial charge in [-0.15, -0.1) is 6.58 Å². The van der Waals surface area contributed by atoms with Crippen LogP contribution in [0.3, 0.4) is 0 Å². The second-order valence-electron chi connectivity index (χ2n) is 9.43. The Morgan fingerprint density at radius 3 is 2.21 bits per heavy atom. The number of ether oxygens (including phenoxy) is 2. The lowest BCUT2D eigenvalue weighted by atomic mass is 10.0. The molecule has 1 aliphatic rings. The molecule has 0 aromatic heterocycles. The van der Waals surface area contributed by atoms with Gasteiger partial charge in [-0.05, 0) is 27.4 Å². The lowest BCUT2D eigenvalue weighted by Gasteiger charge is -2.44. The fourth-order valence-electron chi connectivity index (χ4n) is 4.55. The van der Waals surface area contributed by atoms with Crippen molar-refractivity contribution in [1.82, 2.24) is 0 Å². The summed E-state index contributed by atoms with van der Waals surface area (Å²) in [4.78, 5) is 2.85. The van der Waals surface area contributed by atoms with Crippen LogP contribution in [0.15, 0.2) is 90.6 Å². The minimum absolute atomic E-state index is 0.00886. The highest BCUT2D eigenvalue weighted by atomic mass is 28.4. The number of nitrogens with zero attached hydrogens (tertiary/aromatic N) is 3. The average Bonchev–Trinajstić information content (AvgIpc) is 2.84. The van der Waals surface area contributed by atoms with E-state index >= 15 is 0 Å². The molecular weight excluding hydrogens is 442 g/mol. The number of hydrogen-bond acceptors (Lipinski definition) is 4. The Labute approximate surface area is 204 Å². The fourth-order valence-corrected chi connectivity index (χ4v) is 9.12. The molecule has 6 nitrogen and oxygen atoms in total. The molecule has 0 spiro atoms. The molecule has 0 aliphatic carbocycles. The zero-order valence-corrected chi connectivity index (χ0v) is 21.3. The van der Waals surface area contributed by atoms with E-state index in [1.165, 1.54) is 10.4 Å². The second-order valence-corrected chi connectivity index (χ2v) is 13.7. The zero-order valence-electron chi connectivity index (χ0n) is 20.3. The largest absolute Gasteiger partial charge is 0.404 e. The van der Waals surface area contributed by atoms with Crippen molar-refractivity contribution in [2.75, 3.05) is 19.8 Å². The molecule has 1 heterocycles. The van der Waals surface area contributed by atoms with Crippen LogP contribution in [0.4, 0.5) is 0 Å². The summed E-state index contributed by atoms with van der Waals surface area (Å²) < 4.78 is 19.2. The molecule has 0 N–H and O–H groups in total. The third-order valence-corrected chi connectivity index (χ3v) is 11.1. The van der Waals surface area contributed by atoms with Gasteiger partial charge in [-0.2, -0.15) is 0 Å². The van der Waals surface area contributed by atoms with Crippen molar-refractivity contribution in [3.05, 3.63) is 95.9 Å². The van der Waals surface area contributed by atoms with E-state index in [1.807, 2.05) is 18.2 Å². The summed E-state index contributed by atoms with van der Waals surface area (Å²) in [6, 6.07) is 21.2. The van der Waals surface area contributed by atoms with E-state index in [-0.39, 0.29) is 17.1 Å². The molecule has 0 saturated carbocycles. The summed E-state index contributed by atoms with van der Waals surface area (Å²) >= 11 is 0. The first-order chi connectivity index (χ1) is 16.4. The minimum atomic E-state index is -2.65. The van der Waals surface area contributed by atoms with Gasteiger partial charge in [-0.25, -0.2) is 0 Å². The summed E-state index contributed by atoms with van der Waals surface area (Å²) in [5.41, 5.74) is 8.60. The van der Waals surface area contributed by atoms with Crippen LogP contribution in [0, 0.1) is 5.92 Å². The van der Waals surface area contributed by atoms with Crippen molar-refractivity contribution in [3.63, 3.8) is 0 Å². The van der Waals surface area contributed by atoms with Crippen molar-refractivity contribution in [2.45, 2.75) is 44.6 Å². The normalized spacial score (nSPS) is 20.5. The van der Waals surface area contributed by atoms with Crippen LogP contribution in [0.25, 0.3) is 10.4 Å². The monoisotopic (exact) mass is 477 g/mol. The first-order valence-corrected chi connectivity index (χ1v) is 13.7. The van der Waals surface area contributed by atoms with Gasteiger partial charge in [0.2, 0.25) is 0 Å². The summed E-state index contributed by atoms with van der Waals surface area (Å²) in [6.45, 7) is 11.7. The van der Waals surface area contributed by atoms with E-state index in [1.54, 1.807) is 6.08 Å². The summed E-state index contributed by atoms with van der Waals surface area (Å²) in [7, 11) is -2.65. The molecule has 3 atom stereocenters. The molecule has 0 unspecified atom stereocenters. The Balaban J connectivity index is 1.88. The Hall–Kier alpha value is -2.67. The maximum absolute atomic E-state index is 8.60. The van der Waals surface area contributed by atoms with E-state index in [2.05, 4.69) is 92.0 Å². The predicted molar refractivity (Wildman–Crippen MR) is 140 cm³/mol. The maximum Gasteiger partial charge on any atom is 0.261 e. The molecule has 2 aromatic rings. The first-order valence-electron chi connectivity index (χ1n) is 11.7. The van der Waals surface area contributed by atoms with Gasteiger partial charge >= 0.3 is 0 Å². The molecule has 1 aliphatic heterocycles. The van der Waals surface area contributed by atoms with Crippen molar-refractivity contribution in [2.24, 2.45) is 11.0 Å². The van der Waals surface area contributed by atoms with Crippen LogP contribution in [-0.4, -0.2) is 40.5 Å². The molecule has 0 amide bonds. The van der Waals surface area contributed by atoms with Gasteiger partial charge in [0, 0.05) is 17.4 Å². The van der Waals surface area contributed by atoms with Crippen molar-refractivity contribution in [1.29, 1.82) is 0 Å². The van der Waals surface area contributed by atoms with E-state index in [4.69, 9.17) is 19.4 Å². The summed E-state index contributed by atoms with van der Waals surface area (Å²) in [6.07, 6.45) is 5.83. The molecule has 34 heavy (non-hydrogen) atoms. The Kier molecular flexibility index (Phi) is 9.27. The van der Waals surface area contributed by atoms with Gasteiger partial charge in [0.25, 0.3) is 8.32 Å². The SMILES string of the molecule is C=CCO[C@H]1O[C@H](CO[Si](c2ccccc2)(c2ccccc2)C(C)(C)C)C=C[C@@H]1CCN=[N+]=[N-]. The second kappa shape index (κ2) is 12.2. The Morgan fingerprint density at radius 2 is 1.68 bits per heavy atom. The molecular formula is C27H35N3O3Si. The van der Waals surface area contributed by atoms with E-state index in [0.717, 1.165) is 0 Å². The number of benzene rings is 2. The van der Waals surface area contributed by atoms with Gasteiger partial charge in [-0.1, -0.05) is 105 Å². The molecule has 0 bridgehead atoms. The zero-order chi connectivity index (χ0) is 24.4. The van der Waals surface area contributed by atoms with Crippen LogP contribution in [0.5, 0.6) is 0 Å². The van der Waals surface area contributed by atoms with E-state index < -0.39 is 14.6 Å². The third-order valence-electron chi connectivity index (χ3n) is 6.12. The standard InChI is InChI=1S/C27H35N3O3Si/c1-5-20-31-26-22(18-19-29-30-28)16-17-23(33-26)21-32-34(27(2,3)4,24-12-8-6-9-13-24)25-14-10-7-11-15-25/h5-17,22-23,26H,1,18-21H2,2-4H3/t22-,23+,26+/m1/s1. The maximum atomic E-state index is 8.60. The van der Waals surface area contributed by atoms with Crippen LogP contribution in [-0.2, 0) is 13.9 Å². The highest BCUT2D eigenvalue weighted by molar-refractivity contribution is 6.99. The molecule has 180 valence electrons. The highest BCUT2D eigenvalue weighted by Gasteiger charge is 2.50. The summed E-state index contributed by atoms with van der Waals surface area (Å²) in [5, 5.41) is 6.02. The average molecular weight is 478 g/mol. The molecule has 2 aromatic carbocycles. The Morgan fingerprint density at radius 1 is 1.06 bits per heavy atom. The topological polar surface area (TPSA) is 76.5 Å². The van der Waals surface area contributed by atoms with Crippen LogP contribution in [0.2, 0.25) is 5.04 Å². The Bertz CT molecular complexity index is 946. The smallest absolute Gasteiger partial charge is 0.261 e. The first kappa shape index (κ1) is 25.9. The van der Waals surface area contributed by atoms with Crippen molar-refractivity contribution in [3.8, 4) is 0 Å². The van der Waals surface area contributed by atoms with Crippen LogP contribution in [0.1, 0.15) is 27.2 Å². The predicted octanol–water partition coefficient (Wildman–Crippen LogP) is 5.36. The van der Waals surface area contributed by atoms with Gasteiger partial charge in [-0.3, -0.25) is 0 Å². The molecule has 0 radical (unpaired) electrons. The molecule has 0 saturated heterocycles. The van der Waals surface area contributed by atoms with Gasteiger partial charge in [0.15, 0.2) is 6.29 Å². The highest BCUT2D eigenvalue weighted by Crippen LogP contribution is 2.37. The molecule has 7 heteroatoms. The number of azide groups is 1. The van der Waals surface area contributed by atoms with Crippen molar-refractivity contribution >= 4 is 18.7 Å². The van der Waals surface area contributed by atoms with Gasteiger partial charge < -0.3 is 13.9 Å². The minimum Gasteiger partial charge on any atom is -0.404 e. The lowest BCUT2D eigenvalue weighted by Crippen LogP contribution is -2.67. The third kappa shape index (κ3) is 6.06. The van der Waals surface area contributed by atoms with Crippen molar-refractivity contribution < 1.29 is 13.9 Å². The van der Waals surface area contributed by atoms with Gasteiger partial charge in [0.1, 0.15) is 6.10 Å². The molecule has 3 rings (SSSR count). The number of rotatable bonds is 11. The quantitative estimate of drug-likeness (QED) is 0.144. The fraction of sp³-hybridized carbons (Fsp3) is 0.407. The van der Waals surface area contributed by atoms with E-state index in [0.29, 0.717) is 26.2 Å². The molecule has 0 fully saturated rings. The summed E-state index contributed by atoms with van der Waals surface area (Å²) in [5.74, 6) is 0.00886. The lowest BCUT2D eigenvalue weighted by molar-refractivity contribution is -0.186. The van der Waals surface area contributed by atoms with Gasteiger partial charge in [0.05, 0.1) is 13.2 Å². The van der Waals surface area contributed by atoms with Crippen LogP contribution < -0.4 is 10.4 Å². The van der Waals surface area contributed by atoms with Crippen LogP contribution >= 0.6 is 0 Å². The number of hydrogen-bond donors (Lipinski definition) is 0. The van der Waals surface area contributed by atoms with E-state index in [9.17, 15) is 0 Å².